The van der Waals surface area contributed by atoms with E-state index >= 15 is 0 Å². The summed E-state index contributed by atoms with van der Waals surface area (Å²) in [6.07, 6.45) is 4.40. The molecule has 0 spiro atoms. The highest BCUT2D eigenvalue weighted by atomic mass is 15.3. The molecule has 0 atom stereocenters. The highest BCUT2D eigenvalue weighted by molar-refractivity contribution is 5.89. The Morgan fingerprint density at radius 3 is 2.36 bits per heavy atom. The zero-order valence-corrected chi connectivity index (χ0v) is 14.2. The Bertz CT molecular complexity index is 843. The summed E-state index contributed by atoms with van der Waals surface area (Å²) in [5.41, 5.74) is 7.93. The van der Waals surface area contributed by atoms with Crippen molar-refractivity contribution in [1.29, 1.82) is 0 Å². The van der Waals surface area contributed by atoms with Gasteiger partial charge in [0.25, 0.3) is 0 Å². The van der Waals surface area contributed by atoms with Gasteiger partial charge < -0.3 is 15.5 Å². The van der Waals surface area contributed by atoms with E-state index in [1.807, 2.05) is 30.6 Å². The highest BCUT2D eigenvalue weighted by Gasteiger charge is 2.21. The van der Waals surface area contributed by atoms with Gasteiger partial charge in [-0.05, 0) is 30.8 Å². The van der Waals surface area contributed by atoms with Gasteiger partial charge in [0.1, 0.15) is 11.6 Å². The van der Waals surface area contributed by atoms with E-state index in [1.54, 1.807) is 0 Å². The fraction of sp³-hybridized carbons (Fsp3) is 0.316. The van der Waals surface area contributed by atoms with Gasteiger partial charge >= 0.3 is 0 Å². The van der Waals surface area contributed by atoms with Crippen LogP contribution in [0.3, 0.4) is 0 Å². The first-order valence-electron chi connectivity index (χ1n) is 8.71. The van der Waals surface area contributed by atoms with E-state index in [0.717, 1.165) is 48.7 Å². The first kappa shape index (κ1) is 15.8. The van der Waals surface area contributed by atoms with Gasteiger partial charge in [0.2, 0.25) is 0 Å². The van der Waals surface area contributed by atoms with Crippen LogP contribution in [0.15, 0.2) is 48.8 Å². The first-order valence-corrected chi connectivity index (χ1v) is 8.71. The van der Waals surface area contributed by atoms with Gasteiger partial charge in [0, 0.05) is 56.1 Å². The van der Waals surface area contributed by atoms with E-state index in [4.69, 9.17) is 10.7 Å². The number of nitrogens with zero attached hydrogens (tertiary/aromatic N) is 5. The van der Waals surface area contributed by atoms with Crippen molar-refractivity contribution in [3.8, 4) is 0 Å². The molecule has 1 aliphatic rings. The van der Waals surface area contributed by atoms with E-state index in [0.29, 0.717) is 13.0 Å². The molecule has 0 bridgehead atoms. The van der Waals surface area contributed by atoms with Crippen molar-refractivity contribution in [1.82, 2.24) is 15.0 Å². The Labute approximate surface area is 147 Å². The molecular formula is C19H22N6. The number of pyridine rings is 1. The third kappa shape index (κ3) is 3.25. The average molecular weight is 334 g/mol. The van der Waals surface area contributed by atoms with Gasteiger partial charge in [-0.25, -0.2) is 9.97 Å². The summed E-state index contributed by atoms with van der Waals surface area (Å²) in [4.78, 5) is 18.3. The molecule has 3 aromatic rings. The van der Waals surface area contributed by atoms with Gasteiger partial charge in [-0.3, -0.25) is 4.98 Å². The fourth-order valence-electron chi connectivity index (χ4n) is 3.32. The second-order valence-corrected chi connectivity index (χ2v) is 6.20. The Morgan fingerprint density at radius 2 is 1.60 bits per heavy atom. The monoisotopic (exact) mass is 334 g/mol. The fourth-order valence-corrected chi connectivity index (χ4v) is 3.32. The molecule has 0 amide bonds. The third-order valence-electron chi connectivity index (χ3n) is 4.60. The normalized spacial score (nSPS) is 14.9. The van der Waals surface area contributed by atoms with Crippen molar-refractivity contribution in [2.75, 3.05) is 42.5 Å². The topological polar surface area (TPSA) is 71.2 Å². The number of hydrogen-bond donors (Lipinski definition) is 1. The van der Waals surface area contributed by atoms with Gasteiger partial charge in [-0.1, -0.05) is 12.1 Å². The lowest BCUT2D eigenvalue weighted by atomic mass is 10.2. The highest BCUT2D eigenvalue weighted by Crippen LogP contribution is 2.26. The maximum Gasteiger partial charge on any atom is 0.140 e. The standard InChI is InChI=1S/C19H22N6/c20-8-5-18-22-17-4-2-1-3-16(17)19(23-18)25-13-11-24(12-14-25)15-6-9-21-10-7-15/h1-4,6-7,9-10H,5,8,11-14,20H2. The quantitative estimate of drug-likeness (QED) is 0.785. The van der Waals surface area contributed by atoms with Crippen LogP contribution < -0.4 is 15.5 Å². The summed E-state index contributed by atoms with van der Waals surface area (Å²) in [5, 5.41) is 1.11. The van der Waals surface area contributed by atoms with E-state index in [-0.39, 0.29) is 0 Å². The van der Waals surface area contributed by atoms with E-state index in [9.17, 15) is 0 Å². The number of piperazine rings is 1. The smallest absolute Gasteiger partial charge is 0.140 e. The van der Waals surface area contributed by atoms with Crippen LogP contribution in [-0.2, 0) is 6.42 Å². The molecule has 25 heavy (non-hydrogen) atoms. The molecule has 1 aliphatic heterocycles. The number of hydrogen-bond acceptors (Lipinski definition) is 6. The lowest BCUT2D eigenvalue weighted by Gasteiger charge is -2.37. The molecule has 3 heterocycles. The number of nitrogens with two attached hydrogens (primary N) is 1. The summed E-state index contributed by atoms with van der Waals surface area (Å²) < 4.78 is 0. The maximum absolute atomic E-state index is 5.71. The van der Waals surface area contributed by atoms with Gasteiger partial charge in [0.05, 0.1) is 5.52 Å². The molecule has 128 valence electrons. The Hall–Kier alpha value is -2.73. The molecule has 0 saturated carbocycles. The average Bonchev–Trinajstić information content (AvgIpc) is 2.68. The Kier molecular flexibility index (Phi) is 4.43. The minimum absolute atomic E-state index is 0.563. The molecule has 4 rings (SSSR count). The molecule has 1 saturated heterocycles. The summed E-state index contributed by atoms with van der Waals surface area (Å²) in [5.74, 6) is 1.86. The molecular weight excluding hydrogens is 312 g/mol. The van der Waals surface area contributed by atoms with E-state index in [2.05, 4.69) is 38.0 Å². The molecule has 2 N–H and O–H groups in total. The SMILES string of the molecule is NCCc1nc(N2CCN(c3ccncc3)CC2)c2ccccc2n1. The van der Waals surface area contributed by atoms with Crippen molar-refractivity contribution in [3.05, 3.63) is 54.6 Å². The van der Waals surface area contributed by atoms with Crippen LogP contribution in [0.2, 0.25) is 0 Å². The predicted molar refractivity (Wildman–Crippen MR) is 101 cm³/mol. The van der Waals surface area contributed by atoms with Gasteiger partial charge in [-0.2, -0.15) is 0 Å². The second kappa shape index (κ2) is 7.03. The number of rotatable bonds is 4. The molecule has 0 unspecified atom stereocenters. The number of anilines is 2. The van der Waals surface area contributed by atoms with Crippen LogP contribution in [-0.4, -0.2) is 47.7 Å². The predicted octanol–water partition coefficient (Wildman–Crippen LogP) is 1.85. The van der Waals surface area contributed by atoms with Crippen molar-refractivity contribution in [3.63, 3.8) is 0 Å². The van der Waals surface area contributed by atoms with Crippen LogP contribution in [0.4, 0.5) is 11.5 Å². The van der Waals surface area contributed by atoms with Crippen molar-refractivity contribution in [2.24, 2.45) is 5.73 Å². The van der Waals surface area contributed by atoms with Crippen LogP contribution in [0.1, 0.15) is 5.82 Å². The molecule has 6 heteroatoms. The molecule has 0 radical (unpaired) electrons. The maximum atomic E-state index is 5.71. The lowest BCUT2D eigenvalue weighted by Crippen LogP contribution is -2.47. The van der Waals surface area contributed by atoms with Gasteiger partial charge in [-0.15, -0.1) is 0 Å². The largest absolute Gasteiger partial charge is 0.368 e. The van der Waals surface area contributed by atoms with E-state index in [1.165, 1.54) is 5.69 Å². The summed E-state index contributed by atoms with van der Waals surface area (Å²) in [7, 11) is 0. The second-order valence-electron chi connectivity index (χ2n) is 6.20. The molecule has 6 nitrogen and oxygen atoms in total. The van der Waals surface area contributed by atoms with Crippen LogP contribution in [0.5, 0.6) is 0 Å². The van der Waals surface area contributed by atoms with Crippen LogP contribution in [0.25, 0.3) is 10.9 Å². The molecule has 1 fully saturated rings. The zero-order chi connectivity index (χ0) is 17.1. The summed E-state index contributed by atoms with van der Waals surface area (Å²) in [6, 6.07) is 12.3. The zero-order valence-electron chi connectivity index (χ0n) is 14.2. The van der Waals surface area contributed by atoms with Crippen molar-refractivity contribution < 1.29 is 0 Å². The molecule has 2 aromatic heterocycles. The Balaban J connectivity index is 1.60. The van der Waals surface area contributed by atoms with Crippen molar-refractivity contribution >= 4 is 22.4 Å². The summed E-state index contributed by atoms with van der Waals surface area (Å²) in [6.45, 7) is 4.37. The third-order valence-corrected chi connectivity index (χ3v) is 4.60. The molecule has 1 aromatic carbocycles. The number of fused-ring (bicyclic) bond motifs is 1. The number of para-hydroxylation sites is 1. The minimum atomic E-state index is 0.563. The Morgan fingerprint density at radius 1 is 0.880 bits per heavy atom. The number of benzene rings is 1. The van der Waals surface area contributed by atoms with E-state index < -0.39 is 0 Å². The lowest BCUT2D eigenvalue weighted by molar-refractivity contribution is 0.646. The van der Waals surface area contributed by atoms with Crippen LogP contribution in [0, 0.1) is 0 Å². The number of aromatic nitrogens is 3. The minimum Gasteiger partial charge on any atom is -0.368 e. The van der Waals surface area contributed by atoms with Crippen molar-refractivity contribution in [2.45, 2.75) is 6.42 Å². The first-order chi connectivity index (χ1) is 12.3. The summed E-state index contributed by atoms with van der Waals surface area (Å²) >= 11 is 0. The van der Waals surface area contributed by atoms with Crippen LogP contribution >= 0.6 is 0 Å². The van der Waals surface area contributed by atoms with Gasteiger partial charge in [0.15, 0.2) is 0 Å². The molecule has 0 aliphatic carbocycles.